The molecular weight excluding hydrogens is 234 g/mol. The van der Waals surface area contributed by atoms with E-state index in [0.717, 1.165) is 25.9 Å². The van der Waals surface area contributed by atoms with Crippen LogP contribution in [-0.2, 0) is 11.2 Å². The molecule has 0 amide bonds. The molecule has 0 aliphatic heterocycles. The lowest BCUT2D eigenvalue weighted by Gasteiger charge is -2.27. The molecule has 0 aliphatic carbocycles. The third kappa shape index (κ3) is 4.96. The summed E-state index contributed by atoms with van der Waals surface area (Å²) in [4.78, 5) is 0. The summed E-state index contributed by atoms with van der Waals surface area (Å²) in [7, 11) is 2.04. The first-order valence-electron chi connectivity index (χ1n) is 7.47. The van der Waals surface area contributed by atoms with Crippen LogP contribution in [0.2, 0.25) is 0 Å². The number of aryl methyl sites for hydroxylation is 2. The molecule has 19 heavy (non-hydrogen) atoms. The first-order chi connectivity index (χ1) is 9.12. The van der Waals surface area contributed by atoms with Gasteiger partial charge in [-0.15, -0.1) is 0 Å². The predicted molar refractivity (Wildman–Crippen MR) is 82.8 cm³/mol. The largest absolute Gasteiger partial charge is 0.377 e. The molecule has 2 atom stereocenters. The Morgan fingerprint density at radius 2 is 1.89 bits per heavy atom. The van der Waals surface area contributed by atoms with Gasteiger partial charge in [0.2, 0.25) is 0 Å². The molecule has 0 bridgehead atoms. The highest BCUT2D eigenvalue weighted by molar-refractivity contribution is 5.30. The predicted octanol–water partition coefficient (Wildman–Crippen LogP) is 3.64. The Balaban J connectivity index is 2.75. The van der Waals surface area contributed by atoms with Gasteiger partial charge in [-0.25, -0.2) is 0 Å². The van der Waals surface area contributed by atoms with Crippen LogP contribution in [0, 0.1) is 13.8 Å². The van der Waals surface area contributed by atoms with E-state index < -0.39 is 0 Å². The second-order valence-electron chi connectivity index (χ2n) is 5.30. The number of rotatable bonds is 8. The fourth-order valence-electron chi connectivity index (χ4n) is 2.50. The van der Waals surface area contributed by atoms with E-state index >= 15 is 0 Å². The van der Waals surface area contributed by atoms with E-state index in [0.29, 0.717) is 12.1 Å². The van der Waals surface area contributed by atoms with Crippen molar-refractivity contribution < 1.29 is 4.74 Å². The van der Waals surface area contributed by atoms with Gasteiger partial charge in [-0.2, -0.15) is 0 Å². The number of likely N-dealkylation sites (N-methyl/N-ethyl adjacent to an activating group) is 1. The maximum atomic E-state index is 5.90. The second-order valence-corrected chi connectivity index (χ2v) is 5.30. The summed E-state index contributed by atoms with van der Waals surface area (Å²) in [5, 5.41) is 3.43. The zero-order valence-corrected chi connectivity index (χ0v) is 13.1. The fraction of sp³-hybridized carbons (Fsp3) is 0.647. The highest BCUT2D eigenvalue weighted by Gasteiger charge is 2.20. The van der Waals surface area contributed by atoms with Gasteiger partial charge in [-0.1, -0.05) is 31.5 Å². The van der Waals surface area contributed by atoms with Gasteiger partial charge in [-0.3, -0.25) is 0 Å². The first kappa shape index (κ1) is 16.2. The Bertz CT molecular complexity index is 370. The van der Waals surface area contributed by atoms with E-state index in [-0.39, 0.29) is 0 Å². The van der Waals surface area contributed by atoms with E-state index in [1.165, 1.54) is 16.7 Å². The van der Waals surface area contributed by atoms with Crippen LogP contribution in [-0.4, -0.2) is 25.8 Å². The average molecular weight is 263 g/mol. The van der Waals surface area contributed by atoms with Crippen LogP contribution >= 0.6 is 0 Å². The molecule has 0 saturated heterocycles. The third-order valence-corrected chi connectivity index (χ3v) is 3.80. The fourth-order valence-corrected chi connectivity index (χ4v) is 2.50. The molecule has 1 aromatic rings. The van der Waals surface area contributed by atoms with Crippen molar-refractivity contribution in [3.05, 3.63) is 34.9 Å². The zero-order valence-electron chi connectivity index (χ0n) is 13.1. The molecule has 1 N–H and O–H groups in total. The third-order valence-electron chi connectivity index (χ3n) is 3.80. The van der Waals surface area contributed by atoms with E-state index in [9.17, 15) is 0 Å². The number of hydrogen-bond donors (Lipinski definition) is 1. The first-order valence-corrected chi connectivity index (χ1v) is 7.47. The number of hydrogen-bond acceptors (Lipinski definition) is 2. The van der Waals surface area contributed by atoms with Crippen molar-refractivity contribution in [3.8, 4) is 0 Å². The van der Waals surface area contributed by atoms with Crippen LogP contribution in [0.1, 0.15) is 43.4 Å². The lowest BCUT2D eigenvalue weighted by Crippen LogP contribution is -2.41. The Kier molecular flexibility index (Phi) is 7.11. The van der Waals surface area contributed by atoms with Crippen molar-refractivity contribution in [1.82, 2.24) is 5.32 Å². The van der Waals surface area contributed by atoms with Gasteiger partial charge in [0.1, 0.15) is 0 Å². The number of ether oxygens (including phenoxy) is 1. The molecule has 108 valence electrons. The molecule has 2 heteroatoms. The summed E-state index contributed by atoms with van der Waals surface area (Å²) in [6, 6.07) is 7.14. The average Bonchev–Trinajstić information content (AvgIpc) is 2.40. The lowest BCUT2D eigenvalue weighted by molar-refractivity contribution is 0.0301. The van der Waals surface area contributed by atoms with Gasteiger partial charge >= 0.3 is 0 Å². The van der Waals surface area contributed by atoms with Crippen molar-refractivity contribution in [2.45, 2.75) is 59.1 Å². The van der Waals surface area contributed by atoms with Gasteiger partial charge in [0.25, 0.3) is 0 Å². The van der Waals surface area contributed by atoms with Crippen LogP contribution in [0.15, 0.2) is 18.2 Å². The van der Waals surface area contributed by atoms with Gasteiger partial charge < -0.3 is 10.1 Å². The summed E-state index contributed by atoms with van der Waals surface area (Å²) >= 11 is 0. The van der Waals surface area contributed by atoms with E-state index in [1.807, 2.05) is 7.05 Å². The van der Waals surface area contributed by atoms with Crippen molar-refractivity contribution in [2.75, 3.05) is 13.7 Å². The van der Waals surface area contributed by atoms with E-state index in [1.54, 1.807) is 0 Å². The molecule has 2 nitrogen and oxygen atoms in total. The highest BCUT2D eigenvalue weighted by Crippen LogP contribution is 2.16. The summed E-state index contributed by atoms with van der Waals surface area (Å²) in [5.74, 6) is 0. The second kappa shape index (κ2) is 8.34. The quantitative estimate of drug-likeness (QED) is 0.773. The maximum absolute atomic E-state index is 5.90. The summed E-state index contributed by atoms with van der Waals surface area (Å²) < 4.78 is 5.90. The summed E-state index contributed by atoms with van der Waals surface area (Å²) in [6.45, 7) is 9.42. The number of benzene rings is 1. The van der Waals surface area contributed by atoms with Crippen LogP contribution in [0.25, 0.3) is 0 Å². The number of nitrogens with one attached hydrogen (secondary N) is 1. The Labute approximate surface area is 118 Å². The molecule has 0 aromatic heterocycles. The molecule has 0 fully saturated rings. The molecule has 0 spiro atoms. The SMILES string of the molecule is CCCC(OCC)C(Cc1ccc(C)c(C)c1)NC. The van der Waals surface area contributed by atoms with Crippen molar-refractivity contribution in [2.24, 2.45) is 0 Å². The van der Waals surface area contributed by atoms with Crippen molar-refractivity contribution >= 4 is 0 Å². The van der Waals surface area contributed by atoms with Crippen LogP contribution in [0.3, 0.4) is 0 Å². The van der Waals surface area contributed by atoms with Crippen LogP contribution in [0.4, 0.5) is 0 Å². The molecule has 0 heterocycles. The Hall–Kier alpha value is -0.860. The minimum atomic E-state index is 0.307. The van der Waals surface area contributed by atoms with Gasteiger partial charge in [0, 0.05) is 12.6 Å². The molecule has 0 saturated carbocycles. The van der Waals surface area contributed by atoms with Gasteiger partial charge in [0.05, 0.1) is 6.10 Å². The minimum Gasteiger partial charge on any atom is -0.377 e. The lowest BCUT2D eigenvalue weighted by atomic mass is 9.96. The maximum Gasteiger partial charge on any atom is 0.0730 e. The zero-order chi connectivity index (χ0) is 14.3. The summed E-state index contributed by atoms with van der Waals surface area (Å²) in [5.41, 5.74) is 4.12. The highest BCUT2D eigenvalue weighted by atomic mass is 16.5. The molecule has 1 rings (SSSR count). The molecule has 1 aromatic carbocycles. The van der Waals surface area contributed by atoms with Crippen LogP contribution < -0.4 is 5.32 Å². The smallest absolute Gasteiger partial charge is 0.0730 e. The Morgan fingerprint density at radius 3 is 2.42 bits per heavy atom. The van der Waals surface area contributed by atoms with E-state index in [4.69, 9.17) is 4.74 Å². The molecular formula is C17H29NO. The van der Waals surface area contributed by atoms with Crippen LogP contribution in [0.5, 0.6) is 0 Å². The molecule has 2 unspecified atom stereocenters. The van der Waals surface area contributed by atoms with E-state index in [2.05, 4.69) is 51.2 Å². The minimum absolute atomic E-state index is 0.307. The van der Waals surface area contributed by atoms with Crippen molar-refractivity contribution in [3.63, 3.8) is 0 Å². The Morgan fingerprint density at radius 1 is 1.16 bits per heavy atom. The molecule has 0 radical (unpaired) electrons. The van der Waals surface area contributed by atoms with Gasteiger partial charge in [-0.05, 0) is 57.4 Å². The topological polar surface area (TPSA) is 21.3 Å². The van der Waals surface area contributed by atoms with Gasteiger partial charge in [0.15, 0.2) is 0 Å². The normalized spacial score (nSPS) is 14.4. The summed E-state index contributed by atoms with van der Waals surface area (Å²) in [6.07, 6.45) is 3.61. The molecule has 0 aliphatic rings. The standard InChI is InChI=1S/C17H29NO/c1-6-8-17(19-7-2)16(18-5)12-15-10-9-13(3)14(4)11-15/h9-11,16-18H,6-8,12H2,1-5H3. The van der Waals surface area contributed by atoms with Crippen molar-refractivity contribution in [1.29, 1.82) is 0 Å². The monoisotopic (exact) mass is 263 g/mol.